The van der Waals surface area contributed by atoms with Gasteiger partial charge in [-0.3, -0.25) is 4.79 Å². The van der Waals surface area contributed by atoms with Gasteiger partial charge < -0.3 is 10.2 Å². The fourth-order valence-electron chi connectivity index (χ4n) is 1.59. The second-order valence-electron chi connectivity index (χ2n) is 3.11. The molecule has 11 heavy (non-hydrogen) atoms. The number of rotatable bonds is 1. The molecule has 0 bridgehead atoms. The minimum absolute atomic E-state index is 0.501. The second-order valence-corrected chi connectivity index (χ2v) is 3.11. The van der Waals surface area contributed by atoms with Crippen LogP contribution in [0.4, 0.5) is 0 Å². The van der Waals surface area contributed by atoms with E-state index in [0.29, 0.717) is 5.41 Å². The third kappa shape index (κ3) is 1.38. The van der Waals surface area contributed by atoms with E-state index >= 15 is 0 Å². The number of carbonyl (C=O) groups excluding carboxylic acids is 1. The summed E-state index contributed by atoms with van der Waals surface area (Å²) in [6.45, 7) is 8.17. The van der Waals surface area contributed by atoms with Crippen molar-refractivity contribution < 1.29 is 4.79 Å². The van der Waals surface area contributed by atoms with Crippen LogP contribution in [0.3, 0.4) is 0 Å². The van der Waals surface area contributed by atoms with Gasteiger partial charge in [-0.1, -0.05) is 13.8 Å². The standard InChI is InChI=1S/C6H10N2O.C2H6/c9-5-8-3-6(4-8)1-7-2-6;1-2/h5,7H,1-4H2;1-2H3. The van der Waals surface area contributed by atoms with Crippen LogP contribution in [0.2, 0.25) is 0 Å². The van der Waals surface area contributed by atoms with E-state index in [1.165, 1.54) is 0 Å². The minimum atomic E-state index is 0.501. The SMILES string of the molecule is CC.O=CN1CC2(CNC2)C1. The zero-order chi connectivity index (χ0) is 8.32. The van der Waals surface area contributed by atoms with Gasteiger partial charge in [-0.25, -0.2) is 0 Å². The highest BCUT2D eigenvalue weighted by molar-refractivity contribution is 5.49. The molecule has 0 atom stereocenters. The van der Waals surface area contributed by atoms with Gasteiger partial charge in [-0.15, -0.1) is 0 Å². The number of hydrogen-bond acceptors (Lipinski definition) is 2. The maximum atomic E-state index is 10.1. The average Bonchev–Trinajstić information content (AvgIpc) is 1.87. The summed E-state index contributed by atoms with van der Waals surface area (Å²) in [4.78, 5) is 11.9. The lowest BCUT2D eigenvalue weighted by Crippen LogP contribution is -2.70. The first-order valence-electron chi connectivity index (χ1n) is 4.25. The Hall–Kier alpha value is -0.570. The average molecular weight is 156 g/mol. The highest BCUT2D eigenvalue weighted by Crippen LogP contribution is 2.32. The van der Waals surface area contributed by atoms with Crippen molar-refractivity contribution >= 4 is 6.41 Å². The summed E-state index contributed by atoms with van der Waals surface area (Å²) in [7, 11) is 0. The summed E-state index contributed by atoms with van der Waals surface area (Å²) in [6.07, 6.45) is 0.934. The fraction of sp³-hybridized carbons (Fsp3) is 0.875. The Morgan fingerprint density at radius 1 is 1.36 bits per heavy atom. The number of hydrogen-bond donors (Lipinski definition) is 1. The van der Waals surface area contributed by atoms with E-state index in [9.17, 15) is 4.79 Å². The third-order valence-electron chi connectivity index (χ3n) is 2.23. The predicted octanol–water partition coefficient (Wildman–Crippen LogP) is 0.0742. The van der Waals surface area contributed by atoms with E-state index in [0.717, 1.165) is 32.6 Å². The minimum Gasteiger partial charge on any atom is -0.344 e. The molecule has 3 nitrogen and oxygen atoms in total. The normalized spacial score (nSPS) is 24.4. The number of nitrogens with zero attached hydrogens (tertiary/aromatic N) is 1. The molecule has 2 aliphatic heterocycles. The van der Waals surface area contributed by atoms with Crippen molar-refractivity contribution in [2.24, 2.45) is 5.41 Å². The van der Waals surface area contributed by atoms with Crippen LogP contribution in [0.1, 0.15) is 13.8 Å². The molecular weight excluding hydrogens is 140 g/mol. The molecule has 3 heteroatoms. The van der Waals surface area contributed by atoms with Gasteiger partial charge >= 0.3 is 0 Å². The largest absolute Gasteiger partial charge is 0.344 e. The molecule has 0 unspecified atom stereocenters. The number of carbonyl (C=O) groups is 1. The van der Waals surface area contributed by atoms with Crippen LogP contribution in [-0.2, 0) is 4.79 Å². The predicted molar refractivity (Wildman–Crippen MR) is 44.3 cm³/mol. The van der Waals surface area contributed by atoms with Crippen LogP contribution >= 0.6 is 0 Å². The monoisotopic (exact) mass is 156 g/mol. The van der Waals surface area contributed by atoms with Gasteiger partial charge in [0, 0.05) is 31.6 Å². The topological polar surface area (TPSA) is 32.3 Å². The van der Waals surface area contributed by atoms with Gasteiger partial charge in [0.15, 0.2) is 0 Å². The van der Waals surface area contributed by atoms with Crippen LogP contribution in [0.25, 0.3) is 0 Å². The van der Waals surface area contributed by atoms with Crippen LogP contribution in [0.15, 0.2) is 0 Å². The molecule has 1 spiro atoms. The summed E-state index contributed by atoms with van der Waals surface area (Å²) in [5.74, 6) is 0. The Bertz CT molecular complexity index is 135. The van der Waals surface area contributed by atoms with E-state index in [1.54, 1.807) is 0 Å². The van der Waals surface area contributed by atoms with E-state index in [4.69, 9.17) is 0 Å². The van der Waals surface area contributed by atoms with Crippen molar-refractivity contribution in [3.8, 4) is 0 Å². The van der Waals surface area contributed by atoms with Crippen molar-refractivity contribution in [2.45, 2.75) is 13.8 Å². The van der Waals surface area contributed by atoms with E-state index in [2.05, 4.69) is 5.32 Å². The Labute approximate surface area is 67.8 Å². The molecule has 2 heterocycles. The lowest BCUT2D eigenvalue weighted by Gasteiger charge is -2.54. The smallest absolute Gasteiger partial charge is 0.209 e. The van der Waals surface area contributed by atoms with Crippen molar-refractivity contribution in [1.82, 2.24) is 10.2 Å². The van der Waals surface area contributed by atoms with Gasteiger partial charge in [-0.05, 0) is 0 Å². The fourth-order valence-corrected chi connectivity index (χ4v) is 1.59. The van der Waals surface area contributed by atoms with Crippen LogP contribution in [0.5, 0.6) is 0 Å². The lowest BCUT2D eigenvalue weighted by atomic mass is 9.75. The molecule has 0 aromatic carbocycles. The van der Waals surface area contributed by atoms with Gasteiger partial charge in [0.2, 0.25) is 6.41 Å². The van der Waals surface area contributed by atoms with E-state index in [-0.39, 0.29) is 0 Å². The molecule has 0 aromatic heterocycles. The molecule has 0 aliphatic carbocycles. The quantitative estimate of drug-likeness (QED) is 0.545. The van der Waals surface area contributed by atoms with Crippen molar-refractivity contribution in [3.05, 3.63) is 0 Å². The zero-order valence-corrected chi connectivity index (χ0v) is 7.26. The molecule has 1 amide bonds. The molecule has 2 aliphatic rings. The summed E-state index contributed by atoms with van der Waals surface area (Å²) in [5.41, 5.74) is 0.501. The third-order valence-corrected chi connectivity index (χ3v) is 2.23. The number of amides is 1. The molecular formula is C8H16N2O. The van der Waals surface area contributed by atoms with Crippen LogP contribution in [0, 0.1) is 5.41 Å². The molecule has 2 saturated heterocycles. The summed E-state index contributed by atoms with van der Waals surface area (Å²) >= 11 is 0. The second kappa shape index (κ2) is 3.22. The van der Waals surface area contributed by atoms with Gasteiger partial charge in [0.05, 0.1) is 0 Å². The van der Waals surface area contributed by atoms with Crippen molar-refractivity contribution in [1.29, 1.82) is 0 Å². The van der Waals surface area contributed by atoms with Gasteiger partial charge in [-0.2, -0.15) is 0 Å². The van der Waals surface area contributed by atoms with Crippen molar-refractivity contribution in [3.63, 3.8) is 0 Å². The molecule has 0 radical (unpaired) electrons. The summed E-state index contributed by atoms with van der Waals surface area (Å²) in [5, 5.41) is 3.21. The Kier molecular flexibility index (Phi) is 2.49. The van der Waals surface area contributed by atoms with E-state index in [1.807, 2.05) is 18.7 Å². The first-order chi connectivity index (χ1) is 5.35. The van der Waals surface area contributed by atoms with E-state index < -0.39 is 0 Å². The Morgan fingerprint density at radius 2 is 1.91 bits per heavy atom. The first-order valence-corrected chi connectivity index (χ1v) is 4.25. The molecule has 0 aromatic rings. The molecule has 64 valence electrons. The zero-order valence-electron chi connectivity index (χ0n) is 7.26. The highest BCUT2D eigenvalue weighted by atomic mass is 16.1. The highest BCUT2D eigenvalue weighted by Gasteiger charge is 2.46. The molecule has 0 saturated carbocycles. The maximum Gasteiger partial charge on any atom is 0.209 e. The summed E-state index contributed by atoms with van der Waals surface area (Å²) < 4.78 is 0. The molecule has 2 fully saturated rings. The Morgan fingerprint density at radius 3 is 2.18 bits per heavy atom. The number of likely N-dealkylation sites (tertiary alicyclic amines) is 1. The van der Waals surface area contributed by atoms with Gasteiger partial charge in [0.1, 0.15) is 0 Å². The van der Waals surface area contributed by atoms with Crippen LogP contribution < -0.4 is 5.32 Å². The Balaban J connectivity index is 0.000000281. The van der Waals surface area contributed by atoms with Crippen molar-refractivity contribution in [2.75, 3.05) is 26.2 Å². The maximum absolute atomic E-state index is 10.1. The lowest BCUT2D eigenvalue weighted by molar-refractivity contribution is -0.132. The molecule has 1 N–H and O–H groups in total. The number of nitrogens with one attached hydrogen (secondary N) is 1. The first kappa shape index (κ1) is 8.53. The van der Waals surface area contributed by atoms with Gasteiger partial charge in [0.25, 0.3) is 0 Å². The molecule has 2 rings (SSSR count). The summed E-state index contributed by atoms with van der Waals surface area (Å²) in [6, 6.07) is 0. The van der Waals surface area contributed by atoms with Crippen LogP contribution in [-0.4, -0.2) is 37.5 Å².